The van der Waals surface area contributed by atoms with Crippen LogP contribution >= 0.6 is 0 Å². The first-order valence-corrected chi connectivity index (χ1v) is 12.5. The monoisotopic (exact) mass is 490 g/mol. The molecule has 0 aromatic heterocycles. The average molecular weight is 491 g/mol. The molecule has 0 aliphatic carbocycles. The summed E-state index contributed by atoms with van der Waals surface area (Å²) in [6.07, 6.45) is 15.7. The van der Waals surface area contributed by atoms with Gasteiger partial charge in [0.1, 0.15) is 0 Å². The van der Waals surface area contributed by atoms with E-state index in [1.807, 2.05) is 13.8 Å². The third-order valence-electron chi connectivity index (χ3n) is 5.14. The van der Waals surface area contributed by atoms with E-state index in [1.165, 1.54) is 77.0 Å². The summed E-state index contributed by atoms with van der Waals surface area (Å²) in [5.74, 6) is -5.05. The molecule has 4 N–H and O–H groups in total. The summed E-state index contributed by atoms with van der Waals surface area (Å²) in [5, 5.41) is 33.8. The highest BCUT2D eigenvalue weighted by molar-refractivity contribution is 5.88. The van der Waals surface area contributed by atoms with Crippen LogP contribution < -0.4 is 0 Å². The molecule has 0 aliphatic rings. The number of aliphatic carboxylic acids is 3. The van der Waals surface area contributed by atoms with Gasteiger partial charge in [-0.25, -0.2) is 4.79 Å². The van der Waals surface area contributed by atoms with E-state index in [9.17, 15) is 19.2 Å². The highest BCUT2D eigenvalue weighted by Crippen LogP contribution is 2.16. The van der Waals surface area contributed by atoms with Crippen molar-refractivity contribution in [1.29, 1.82) is 0 Å². The highest BCUT2D eigenvalue weighted by atomic mass is 16.5. The smallest absolute Gasteiger partial charge is 0.336 e. The van der Waals surface area contributed by atoms with E-state index < -0.39 is 36.4 Å². The molecule has 9 heteroatoms. The van der Waals surface area contributed by atoms with Crippen molar-refractivity contribution >= 4 is 23.9 Å². The number of carbonyl (C=O) groups excluding carboxylic acids is 1. The summed E-state index contributed by atoms with van der Waals surface area (Å²) >= 11 is 0. The predicted octanol–water partition coefficient (Wildman–Crippen LogP) is 5.17. The van der Waals surface area contributed by atoms with Crippen LogP contribution in [-0.4, -0.2) is 56.0 Å². The molecular weight excluding hydrogens is 444 g/mol. The van der Waals surface area contributed by atoms with Crippen molar-refractivity contribution < 1.29 is 44.3 Å². The van der Waals surface area contributed by atoms with Gasteiger partial charge in [-0.3, -0.25) is 14.4 Å². The standard InChI is InChI=1S/C19H38O2.C6H8O7/c1-4-5-6-7-8-9-10-11-12-13-14-15-16-17-19(20)21-18(2)3;7-3(8)1-6(13,5(11)12)2-4(9)10/h18H,4-17H2,1-3H3;13H,1-2H2,(H,7,8)(H,9,10)(H,11,12). The van der Waals surface area contributed by atoms with Crippen molar-refractivity contribution in [3.8, 4) is 0 Å². The van der Waals surface area contributed by atoms with Gasteiger partial charge in [-0.05, 0) is 20.3 Å². The maximum absolute atomic E-state index is 11.3. The Morgan fingerprint density at radius 2 is 1.03 bits per heavy atom. The zero-order valence-electron chi connectivity index (χ0n) is 21.2. The van der Waals surface area contributed by atoms with Gasteiger partial charge in [0.05, 0.1) is 18.9 Å². The van der Waals surface area contributed by atoms with Gasteiger partial charge in [-0.15, -0.1) is 0 Å². The molecule has 0 rings (SSSR count). The van der Waals surface area contributed by atoms with Crippen molar-refractivity contribution in [3.05, 3.63) is 0 Å². The fourth-order valence-corrected chi connectivity index (χ4v) is 3.32. The number of hydrogen-bond acceptors (Lipinski definition) is 6. The number of hydrogen-bond donors (Lipinski definition) is 4. The van der Waals surface area contributed by atoms with E-state index >= 15 is 0 Å². The Balaban J connectivity index is 0. The van der Waals surface area contributed by atoms with Gasteiger partial charge in [0.2, 0.25) is 0 Å². The van der Waals surface area contributed by atoms with Gasteiger partial charge < -0.3 is 25.2 Å². The Bertz CT molecular complexity index is 557. The van der Waals surface area contributed by atoms with E-state index in [1.54, 1.807) is 0 Å². The lowest BCUT2D eigenvalue weighted by molar-refractivity contribution is -0.170. The maximum Gasteiger partial charge on any atom is 0.336 e. The summed E-state index contributed by atoms with van der Waals surface area (Å²) in [5.41, 5.74) is -2.74. The number of esters is 1. The number of aliphatic hydroxyl groups is 1. The van der Waals surface area contributed by atoms with Crippen molar-refractivity contribution in [3.63, 3.8) is 0 Å². The molecule has 0 bridgehead atoms. The normalized spacial score (nSPS) is 11.0. The van der Waals surface area contributed by atoms with Gasteiger partial charge >= 0.3 is 23.9 Å². The van der Waals surface area contributed by atoms with Crippen molar-refractivity contribution in [1.82, 2.24) is 0 Å². The van der Waals surface area contributed by atoms with E-state index in [2.05, 4.69) is 6.92 Å². The van der Waals surface area contributed by atoms with Crippen molar-refractivity contribution in [2.75, 3.05) is 0 Å². The van der Waals surface area contributed by atoms with Crippen LogP contribution in [0.3, 0.4) is 0 Å². The Kier molecular flexibility index (Phi) is 21.4. The first kappa shape index (κ1) is 34.0. The van der Waals surface area contributed by atoms with Gasteiger partial charge in [-0.2, -0.15) is 0 Å². The van der Waals surface area contributed by atoms with Crippen LogP contribution in [0.15, 0.2) is 0 Å². The zero-order valence-corrected chi connectivity index (χ0v) is 21.2. The molecule has 0 spiro atoms. The third-order valence-corrected chi connectivity index (χ3v) is 5.14. The Labute approximate surface area is 203 Å². The van der Waals surface area contributed by atoms with Crippen molar-refractivity contribution in [2.24, 2.45) is 0 Å². The lowest BCUT2D eigenvalue weighted by Gasteiger charge is -2.18. The average Bonchev–Trinajstić information content (AvgIpc) is 2.70. The third kappa shape index (κ3) is 23.0. The second-order valence-electron chi connectivity index (χ2n) is 9.01. The van der Waals surface area contributed by atoms with Gasteiger partial charge in [-0.1, -0.05) is 84.0 Å². The van der Waals surface area contributed by atoms with Crippen LogP contribution in [0, 0.1) is 0 Å². The number of carboxylic acid groups (broad SMARTS) is 3. The van der Waals surface area contributed by atoms with Crippen LogP contribution in [0.5, 0.6) is 0 Å². The summed E-state index contributed by atoms with van der Waals surface area (Å²) in [7, 11) is 0. The lowest BCUT2D eigenvalue weighted by Crippen LogP contribution is -2.42. The molecule has 0 aromatic carbocycles. The number of ether oxygens (including phenoxy) is 1. The van der Waals surface area contributed by atoms with Crippen LogP contribution in [0.1, 0.15) is 124 Å². The number of unbranched alkanes of at least 4 members (excludes halogenated alkanes) is 12. The molecule has 0 radical (unpaired) electrons. The minimum Gasteiger partial charge on any atom is -0.481 e. The minimum atomic E-state index is -2.74. The van der Waals surface area contributed by atoms with E-state index in [4.69, 9.17) is 25.2 Å². The molecule has 0 aliphatic heterocycles. The number of carbonyl (C=O) groups is 4. The molecule has 0 aromatic rings. The summed E-state index contributed by atoms with van der Waals surface area (Å²) in [4.78, 5) is 41.8. The zero-order chi connectivity index (χ0) is 26.4. The molecule has 34 heavy (non-hydrogen) atoms. The second kappa shape index (κ2) is 21.4. The molecule has 0 unspecified atom stereocenters. The maximum atomic E-state index is 11.3. The highest BCUT2D eigenvalue weighted by Gasteiger charge is 2.40. The molecule has 0 atom stereocenters. The Hall–Kier alpha value is -2.16. The minimum absolute atomic E-state index is 0.0273. The molecule has 0 saturated heterocycles. The van der Waals surface area contributed by atoms with Gasteiger partial charge in [0.25, 0.3) is 0 Å². The van der Waals surface area contributed by atoms with Crippen LogP contribution in [0.2, 0.25) is 0 Å². The van der Waals surface area contributed by atoms with E-state index in [-0.39, 0.29) is 12.1 Å². The first-order valence-electron chi connectivity index (χ1n) is 12.5. The van der Waals surface area contributed by atoms with Crippen LogP contribution in [-0.2, 0) is 23.9 Å². The fourth-order valence-electron chi connectivity index (χ4n) is 3.32. The molecule has 200 valence electrons. The molecule has 0 amide bonds. The Morgan fingerprint density at radius 3 is 1.32 bits per heavy atom. The van der Waals surface area contributed by atoms with E-state index in [0.29, 0.717) is 6.42 Å². The molecule has 0 saturated carbocycles. The topological polar surface area (TPSA) is 158 Å². The SMILES string of the molecule is CCCCCCCCCCCCCCCC(=O)OC(C)C.O=C(O)CC(O)(CC(=O)O)C(=O)O. The molecule has 0 heterocycles. The number of rotatable bonds is 20. The summed E-state index contributed by atoms with van der Waals surface area (Å²) < 4.78 is 5.12. The van der Waals surface area contributed by atoms with Gasteiger partial charge in [0.15, 0.2) is 5.60 Å². The fraction of sp³-hybridized carbons (Fsp3) is 0.840. The van der Waals surface area contributed by atoms with E-state index in [0.717, 1.165) is 6.42 Å². The quantitative estimate of drug-likeness (QED) is 0.133. The second-order valence-corrected chi connectivity index (χ2v) is 9.01. The van der Waals surface area contributed by atoms with Gasteiger partial charge in [0, 0.05) is 6.42 Å². The molecule has 0 fully saturated rings. The molecular formula is C25H46O9. The first-order chi connectivity index (χ1) is 15.9. The Morgan fingerprint density at radius 1 is 0.676 bits per heavy atom. The van der Waals surface area contributed by atoms with Crippen LogP contribution in [0.25, 0.3) is 0 Å². The number of carboxylic acids is 3. The molecule has 9 nitrogen and oxygen atoms in total. The van der Waals surface area contributed by atoms with Crippen molar-refractivity contribution in [2.45, 2.75) is 135 Å². The summed E-state index contributed by atoms with van der Waals surface area (Å²) in [6, 6.07) is 0. The largest absolute Gasteiger partial charge is 0.481 e. The van der Waals surface area contributed by atoms with Crippen LogP contribution in [0.4, 0.5) is 0 Å². The summed E-state index contributed by atoms with van der Waals surface area (Å²) in [6.45, 7) is 6.08. The lowest BCUT2D eigenvalue weighted by atomic mass is 9.96. The predicted molar refractivity (Wildman–Crippen MR) is 129 cm³/mol.